The van der Waals surface area contributed by atoms with Gasteiger partial charge in [-0.1, -0.05) is 25.3 Å². The first kappa shape index (κ1) is 15.0. The van der Waals surface area contributed by atoms with E-state index in [1.807, 2.05) is 0 Å². The van der Waals surface area contributed by atoms with Crippen LogP contribution in [0.15, 0.2) is 36.5 Å². The predicted molar refractivity (Wildman–Crippen MR) is 78.6 cm³/mol. The summed E-state index contributed by atoms with van der Waals surface area (Å²) in [6.07, 6.45) is -0.673. The summed E-state index contributed by atoms with van der Waals surface area (Å²) in [6, 6.07) is 0. The average molecular weight is 304 g/mol. The van der Waals surface area contributed by atoms with Crippen LogP contribution >= 0.6 is 0 Å². The van der Waals surface area contributed by atoms with Crippen LogP contribution in [-0.4, -0.2) is 35.4 Å². The van der Waals surface area contributed by atoms with Crippen molar-refractivity contribution in [1.29, 1.82) is 0 Å². The van der Waals surface area contributed by atoms with Crippen LogP contribution in [0, 0.1) is 17.8 Å². The Kier molecular flexibility index (Phi) is 3.48. The van der Waals surface area contributed by atoms with E-state index in [1.165, 1.54) is 6.92 Å². The van der Waals surface area contributed by atoms with Crippen molar-refractivity contribution in [2.24, 2.45) is 17.8 Å². The van der Waals surface area contributed by atoms with Crippen molar-refractivity contribution in [3.8, 4) is 0 Å². The Morgan fingerprint density at radius 2 is 2.00 bits per heavy atom. The maximum Gasteiger partial charge on any atom is 0.334 e. The first-order chi connectivity index (χ1) is 10.3. The molecule has 0 radical (unpaired) electrons. The fraction of sp³-hybridized carbons (Fsp3) is 0.529. The maximum atomic E-state index is 12.0. The van der Waals surface area contributed by atoms with Gasteiger partial charge < -0.3 is 14.6 Å². The van der Waals surface area contributed by atoms with Gasteiger partial charge in [-0.05, 0) is 17.9 Å². The highest BCUT2D eigenvalue weighted by Gasteiger charge is 2.56. The highest BCUT2D eigenvalue weighted by Crippen LogP contribution is 2.52. The van der Waals surface area contributed by atoms with Gasteiger partial charge in [0.1, 0.15) is 12.2 Å². The number of aliphatic hydroxyl groups is 1. The Bertz CT molecular complexity index is 590. The quantitative estimate of drug-likeness (QED) is 0.452. The molecule has 2 saturated carbocycles. The number of hydrogen-bond donors (Lipinski definition) is 1. The Balaban J connectivity index is 2.03. The second kappa shape index (κ2) is 5.09. The smallest absolute Gasteiger partial charge is 0.334 e. The van der Waals surface area contributed by atoms with Gasteiger partial charge in [0.25, 0.3) is 0 Å². The third-order valence-corrected chi connectivity index (χ3v) is 5.09. The van der Waals surface area contributed by atoms with E-state index in [-0.39, 0.29) is 11.8 Å². The molecule has 3 aliphatic rings. The topological polar surface area (TPSA) is 72.8 Å². The van der Waals surface area contributed by atoms with Crippen LogP contribution in [0.1, 0.15) is 19.8 Å². The van der Waals surface area contributed by atoms with Gasteiger partial charge in [-0.25, -0.2) is 4.79 Å². The zero-order valence-electron chi connectivity index (χ0n) is 12.6. The number of rotatable bonds is 1. The van der Waals surface area contributed by atoms with E-state index in [1.54, 1.807) is 0 Å². The summed E-state index contributed by atoms with van der Waals surface area (Å²) >= 11 is 0. The number of hydrogen-bond acceptors (Lipinski definition) is 5. The summed E-state index contributed by atoms with van der Waals surface area (Å²) < 4.78 is 10.9. The van der Waals surface area contributed by atoms with Crippen LogP contribution in [0.5, 0.6) is 0 Å². The molecular formula is C17H20O5. The van der Waals surface area contributed by atoms with Crippen molar-refractivity contribution in [3.05, 3.63) is 36.5 Å². The second-order valence-electron chi connectivity index (χ2n) is 6.39. The lowest BCUT2D eigenvalue weighted by molar-refractivity contribution is -0.150. The van der Waals surface area contributed by atoms with Gasteiger partial charge >= 0.3 is 11.9 Å². The number of aliphatic hydroxyl groups excluding tert-OH is 1. The molecule has 0 unspecified atom stereocenters. The molecule has 0 aromatic heterocycles. The number of esters is 2. The van der Waals surface area contributed by atoms with Crippen LogP contribution in [0.4, 0.5) is 0 Å². The molecule has 22 heavy (non-hydrogen) atoms. The average Bonchev–Trinajstić information content (AvgIpc) is 2.83. The van der Waals surface area contributed by atoms with E-state index < -0.39 is 36.2 Å². The van der Waals surface area contributed by atoms with Crippen molar-refractivity contribution in [2.45, 2.75) is 38.1 Å². The third-order valence-electron chi connectivity index (χ3n) is 5.09. The number of carbonyl (C=O) groups excluding carboxylic acids is 2. The van der Waals surface area contributed by atoms with Crippen LogP contribution in [0.25, 0.3) is 0 Å². The van der Waals surface area contributed by atoms with Crippen LogP contribution in [0.2, 0.25) is 0 Å². The lowest BCUT2D eigenvalue weighted by Crippen LogP contribution is -2.35. The van der Waals surface area contributed by atoms with Gasteiger partial charge in [0.15, 0.2) is 0 Å². The van der Waals surface area contributed by atoms with Crippen molar-refractivity contribution in [2.75, 3.05) is 0 Å². The molecule has 1 heterocycles. The van der Waals surface area contributed by atoms with E-state index in [9.17, 15) is 14.7 Å². The van der Waals surface area contributed by atoms with Gasteiger partial charge in [-0.2, -0.15) is 0 Å². The fourth-order valence-corrected chi connectivity index (χ4v) is 4.08. The third kappa shape index (κ3) is 2.11. The maximum absolute atomic E-state index is 12.0. The minimum absolute atomic E-state index is 0.0192. The molecule has 0 aromatic carbocycles. The number of ether oxygens (including phenoxy) is 2. The first-order valence-electron chi connectivity index (χ1n) is 7.42. The predicted octanol–water partition coefficient (Wildman–Crippen LogP) is 1.53. The molecule has 0 amide bonds. The van der Waals surface area contributed by atoms with E-state index in [0.29, 0.717) is 24.0 Å². The van der Waals surface area contributed by atoms with Gasteiger partial charge in [0.2, 0.25) is 0 Å². The van der Waals surface area contributed by atoms with E-state index in [0.717, 1.165) is 5.57 Å². The van der Waals surface area contributed by atoms with Gasteiger partial charge in [0.05, 0.1) is 12.0 Å². The summed E-state index contributed by atoms with van der Waals surface area (Å²) in [5.41, 5.74) is 1.87. The lowest BCUT2D eigenvalue weighted by Gasteiger charge is -2.28. The van der Waals surface area contributed by atoms with E-state index in [4.69, 9.17) is 9.47 Å². The normalized spacial score (nSPS) is 40.8. The minimum atomic E-state index is -0.620. The molecule has 6 atom stereocenters. The molecule has 5 heteroatoms. The SMILES string of the molecule is C=C1C(=O)O[C@@H]2[C@@H]1[C@H](OC(C)=O)CC(=C)[C@H]1C[C@@H](O)C(=C)[C@@H]21. The summed E-state index contributed by atoms with van der Waals surface area (Å²) in [4.78, 5) is 23.4. The number of fused-ring (bicyclic) bond motifs is 3. The fourth-order valence-electron chi connectivity index (χ4n) is 4.08. The van der Waals surface area contributed by atoms with Crippen molar-refractivity contribution in [3.63, 3.8) is 0 Å². The molecule has 1 aliphatic heterocycles. The zero-order valence-corrected chi connectivity index (χ0v) is 12.6. The summed E-state index contributed by atoms with van der Waals surface area (Å²) in [6.45, 7) is 13.2. The van der Waals surface area contributed by atoms with Gasteiger partial charge in [0, 0.05) is 24.8 Å². The van der Waals surface area contributed by atoms with Crippen molar-refractivity contribution >= 4 is 11.9 Å². The molecular weight excluding hydrogens is 284 g/mol. The molecule has 2 aliphatic carbocycles. The summed E-state index contributed by atoms with van der Waals surface area (Å²) in [7, 11) is 0. The van der Waals surface area contributed by atoms with Crippen LogP contribution < -0.4 is 0 Å². The standard InChI is InChI=1S/C17H20O5/c1-7-5-13(21-10(4)18)15-9(3)17(20)22-16(15)14-8(2)12(19)6-11(7)14/h11-16,19H,1-3,5-6H2,4H3/t11-,12-,13-,14-,15+,16+/m1/s1. The highest BCUT2D eigenvalue weighted by atomic mass is 16.6. The molecule has 1 saturated heterocycles. The Morgan fingerprint density at radius 3 is 2.64 bits per heavy atom. The van der Waals surface area contributed by atoms with Crippen LogP contribution in [0.3, 0.4) is 0 Å². The molecule has 3 fully saturated rings. The molecule has 3 rings (SSSR count). The van der Waals surface area contributed by atoms with Crippen LogP contribution in [-0.2, 0) is 19.1 Å². The Labute approximate surface area is 129 Å². The molecule has 1 N–H and O–H groups in total. The molecule has 118 valence electrons. The van der Waals surface area contributed by atoms with E-state index >= 15 is 0 Å². The molecule has 0 spiro atoms. The molecule has 0 aromatic rings. The second-order valence-corrected chi connectivity index (χ2v) is 6.39. The van der Waals surface area contributed by atoms with Crippen molar-refractivity contribution in [1.82, 2.24) is 0 Å². The summed E-state index contributed by atoms with van der Waals surface area (Å²) in [5, 5.41) is 10.1. The highest BCUT2D eigenvalue weighted by molar-refractivity contribution is 5.91. The molecule has 5 nitrogen and oxygen atoms in total. The Hall–Kier alpha value is -1.88. The summed E-state index contributed by atoms with van der Waals surface area (Å²) in [5.74, 6) is -1.50. The minimum Gasteiger partial charge on any atom is -0.461 e. The zero-order chi connectivity index (χ0) is 16.2. The first-order valence-corrected chi connectivity index (χ1v) is 7.42. The number of carbonyl (C=O) groups is 2. The lowest BCUT2D eigenvalue weighted by atomic mass is 9.81. The Morgan fingerprint density at radius 1 is 1.32 bits per heavy atom. The van der Waals surface area contributed by atoms with Gasteiger partial charge in [-0.15, -0.1) is 0 Å². The van der Waals surface area contributed by atoms with Crippen molar-refractivity contribution < 1.29 is 24.2 Å². The monoisotopic (exact) mass is 304 g/mol. The van der Waals surface area contributed by atoms with Gasteiger partial charge in [-0.3, -0.25) is 4.79 Å². The molecule has 0 bridgehead atoms. The van der Waals surface area contributed by atoms with E-state index in [2.05, 4.69) is 19.7 Å². The largest absolute Gasteiger partial charge is 0.461 e.